The van der Waals surface area contributed by atoms with Gasteiger partial charge < -0.3 is 14.0 Å². The van der Waals surface area contributed by atoms with Gasteiger partial charge in [-0.15, -0.1) is 0 Å². The normalized spacial score (nSPS) is 20.7. The quantitative estimate of drug-likeness (QED) is 0.783. The van der Waals surface area contributed by atoms with Crippen molar-refractivity contribution in [3.8, 4) is 5.75 Å². The van der Waals surface area contributed by atoms with Crippen LogP contribution in [0.4, 0.5) is 4.39 Å². The molecule has 3 nitrogen and oxygen atoms in total. The standard InChI is InChI=1S/C13H17BClFO3/c1-12(2)13(3,4)19-14(18-12)11-9(15)6-8(17-5)7-10(11)16/h6-7H,1-5H3. The third-order valence-electron chi connectivity index (χ3n) is 3.78. The Morgan fingerprint density at radius 3 is 2.11 bits per heavy atom. The van der Waals surface area contributed by atoms with Gasteiger partial charge in [0, 0.05) is 16.6 Å². The fraction of sp³-hybridized carbons (Fsp3) is 0.538. The largest absolute Gasteiger partial charge is 0.499 e. The van der Waals surface area contributed by atoms with Crippen LogP contribution in [0.5, 0.6) is 5.75 Å². The first-order chi connectivity index (χ1) is 8.68. The molecule has 104 valence electrons. The van der Waals surface area contributed by atoms with Crippen LogP contribution in [0.1, 0.15) is 27.7 Å². The molecule has 0 aliphatic carbocycles. The summed E-state index contributed by atoms with van der Waals surface area (Å²) in [4.78, 5) is 0. The first kappa shape index (κ1) is 14.6. The zero-order chi connectivity index (χ0) is 14.4. The number of hydrogen-bond donors (Lipinski definition) is 0. The highest BCUT2D eigenvalue weighted by atomic mass is 35.5. The lowest BCUT2D eigenvalue weighted by molar-refractivity contribution is 0.00578. The summed E-state index contributed by atoms with van der Waals surface area (Å²) in [6, 6.07) is 2.82. The highest BCUT2D eigenvalue weighted by Crippen LogP contribution is 2.37. The summed E-state index contributed by atoms with van der Waals surface area (Å²) in [5, 5.41) is 0.232. The van der Waals surface area contributed by atoms with Gasteiger partial charge in [0.05, 0.1) is 18.3 Å². The van der Waals surface area contributed by atoms with Crippen LogP contribution in [-0.4, -0.2) is 25.4 Å². The van der Waals surface area contributed by atoms with Crippen molar-refractivity contribution < 1.29 is 18.4 Å². The molecule has 1 aliphatic heterocycles. The molecule has 0 aromatic heterocycles. The van der Waals surface area contributed by atoms with Gasteiger partial charge in [-0.1, -0.05) is 11.6 Å². The van der Waals surface area contributed by atoms with E-state index in [0.717, 1.165) is 0 Å². The highest BCUT2D eigenvalue weighted by molar-refractivity contribution is 6.65. The molecule has 0 unspecified atom stereocenters. The zero-order valence-electron chi connectivity index (χ0n) is 11.7. The van der Waals surface area contributed by atoms with Gasteiger partial charge in [0.15, 0.2) is 0 Å². The molecule has 0 saturated carbocycles. The summed E-state index contributed by atoms with van der Waals surface area (Å²) in [5.74, 6) is -0.134. The second-order valence-electron chi connectivity index (χ2n) is 5.59. The molecular weight excluding hydrogens is 269 g/mol. The fourth-order valence-corrected chi connectivity index (χ4v) is 2.15. The van der Waals surface area contributed by atoms with Crippen LogP contribution in [0.15, 0.2) is 12.1 Å². The van der Waals surface area contributed by atoms with Gasteiger partial charge in [-0.2, -0.15) is 0 Å². The van der Waals surface area contributed by atoms with E-state index in [0.29, 0.717) is 5.75 Å². The zero-order valence-corrected chi connectivity index (χ0v) is 12.5. The lowest BCUT2D eigenvalue weighted by Gasteiger charge is -2.32. The molecule has 1 aromatic carbocycles. The van der Waals surface area contributed by atoms with Gasteiger partial charge >= 0.3 is 7.12 Å². The number of rotatable bonds is 2. The molecule has 6 heteroatoms. The molecule has 1 saturated heterocycles. The molecule has 1 fully saturated rings. The molecule has 1 aromatic rings. The number of halogens is 2. The topological polar surface area (TPSA) is 27.7 Å². The average molecular weight is 287 g/mol. The minimum atomic E-state index is -0.816. The van der Waals surface area contributed by atoms with Crippen molar-refractivity contribution in [3.63, 3.8) is 0 Å². The van der Waals surface area contributed by atoms with Crippen LogP contribution >= 0.6 is 11.6 Å². The van der Waals surface area contributed by atoms with E-state index in [9.17, 15) is 4.39 Å². The molecule has 19 heavy (non-hydrogen) atoms. The van der Waals surface area contributed by atoms with Crippen LogP contribution in [0.2, 0.25) is 5.02 Å². The molecule has 0 radical (unpaired) electrons. The van der Waals surface area contributed by atoms with Crippen molar-refractivity contribution in [1.29, 1.82) is 0 Å². The maximum atomic E-state index is 14.1. The molecule has 0 N–H and O–H groups in total. The Balaban J connectivity index is 2.40. The Morgan fingerprint density at radius 2 is 1.68 bits per heavy atom. The molecule has 1 aliphatic rings. The van der Waals surface area contributed by atoms with Crippen molar-refractivity contribution in [2.24, 2.45) is 0 Å². The molecule has 0 spiro atoms. The van der Waals surface area contributed by atoms with E-state index in [1.165, 1.54) is 13.2 Å². The van der Waals surface area contributed by atoms with E-state index in [1.54, 1.807) is 6.07 Å². The Bertz CT molecular complexity index is 466. The second kappa shape index (κ2) is 4.65. The van der Waals surface area contributed by atoms with E-state index >= 15 is 0 Å². The number of ether oxygens (including phenoxy) is 1. The van der Waals surface area contributed by atoms with Crippen LogP contribution in [0.25, 0.3) is 0 Å². The second-order valence-corrected chi connectivity index (χ2v) is 6.00. The predicted octanol–water partition coefficient (Wildman–Crippen LogP) is 2.79. The van der Waals surface area contributed by atoms with Crippen LogP contribution in [-0.2, 0) is 9.31 Å². The molecule has 1 heterocycles. The van der Waals surface area contributed by atoms with E-state index in [1.807, 2.05) is 27.7 Å². The summed E-state index contributed by atoms with van der Waals surface area (Å²) >= 11 is 6.10. The lowest BCUT2D eigenvalue weighted by Crippen LogP contribution is -2.41. The Morgan fingerprint density at radius 1 is 1.16 bits per heavy atom. The van der Waals surface area contributed by atoms with Crippen LogP contribution in [0.3, 0.4) is 0 Å². The Hall–Kier alpha value is -0.775. The molecule has 2 rings (SSSR count). The predicted molar refractivity (Wildman–Crippen MR) is 73.7 cm³/mol. The maximum absolute atomic E-state index is 14.1. The lowest BCUT2D eigenvalue weighted by atomic mass is 9.78. The van der Waals surface area contributed by atoms with E-state index in [-0.39, 0.29) is 10.5 Å². The highest BCUT2D eigenvalue weighted by Gasteiger charge is 2.53. The number of hydrogen-bond acceptors (Lipinski definition) is 3. The Kier molecular flexibility index (Phi) is 3.58. The van der Waals surface area contributed by atoms with Gasteiger partial charge in [0.1, 0.15) is 11.6 Å². The van der Waals surface area contributed by atoms with Gasteiger partial charge in [-0.05, 0) is 33.8 Å². The number of benzene rings is 1. The summed E-state index contributed by atoms with van der Waals surface area (Å²) < 4.78 is 30.7. The first-order valence-electron chi connectivity index (χ1n) is 6.06. The fourth-order valence-electron chi connectivity index (χ4n) is 1.86. The van der Waals surface area contributed by atoms with Crippen molar-refractivity contribution in [2.45, 2.75) is 38.9 Å². The Labute approximate surface area is 118 Å². The summed E-state index contributed by atoms with van der Waals surface area (Å²) in [7, 11) is 0.642. The SMILES string of the molecule is COc1cc(F)c(B2OC(C)(C)C(C)(C)O2)c(Cl)c1. The third kappa shape index (κ3) is 2.47. The number of methoxy groups -OCH3 is 1. The van der Waals surface area contributed by atoms with Crippen molar-refractivity contribution >= 4 is 24.2 Å². The van der Waals surface area contributed by atoms with Crippen molar-refractivity contribution in [3.05, 3.63) is 23.0 Å². The van der Waals surface area contributed by atoms with Gasteiger partial charge in [-0.3, -0.25) is 0 Å². The van der Waals surface area contributed by atoms with Gasteiger partial charge in [0.2, 0.25) is 0 Å². The summed E-state index contributed by atoms with van der Waals surface area (Å²) in [5.41, 5.74) is -0.859. The summed E-state index contributed by atoms with van der Waals surface area (Å²) in [6.45, 7) is 7.62. The summed E-state index contributed by atoms with van der Waals surface area (Å²) in [6.07, 6.45) is 0. The molecule has 0 amide bonds. The average Bonchev–Trinajstić information content (AvgIpc) is 2.46. The van der Waals surface area contributed by atoms with Crippen LogP contribution < -0.4 is 10.2 Å². The minimum Gasteiger partial charge on any atom is -0.497 e. The van der Waals surface area contributed by atoms with Gasteiger partial charge in [0.25, 0.3) is 0 Å². The van der Waals surface area contributed by atoms with Crippen LogP contribution in [0, 0.1) is 5.82 Å². The van der Waals surface area contributed by atoms with Crippen molar-refractivity contribution in [1.82, 2.24) is 0 Å². The molecule has 0 bridgehead atoms. The van der Waals surface area contributed by atoms with E-state index < -0.39 is 24.1 Å². The van der Waals surface area contributed by atoms with E-state index in [4.69, 9.17) is 25.6 Å². The molecule has 0 atom stereocenters. The first-order valence-corrected chi connectivity index (χ1v) is 6.44. The smallest absolute Gasteiger partial charge is 0.497 e. The maximum Gasteiger partial charge on any atom is 0.499 e. The minimum absolute atomic E-state index is 0.209. The van der Waals surface area contributed by atoms with E-state index in [2.05, 4.69) is 0 Å². The molecular formula is C13H17BClFO3. The third-order valence-corrected chi connectivity index (χ3v) is 4.09. The monoisotopic (exact) mass is 286 g/mol. The van der Waals surface area contributed by atoms with Crippen molar-refractivity contribution in [2.75, 3.05) is 7.11 Å². The van der Waals surface area contributed by atoms with Gasteiger partial charge in [-0.25, -0.2) is 4.39 Å².